The zero-order chi connectivity index (χ0) is 19.8. The van der Waals surface area contributed by atoms with Crippen LogP contribution in [0.2, 0.25) is 5.02 Å². The lowest BCUT2D eigenvalue weighted by Crippen LogP contribution is -2.63. The molecule has 0 unspecified atom stereocenters. The van der Waals surface area contributed by atoms with Crippen molar-refractivity contribution in [3.05, 3.63) is 58.6 Å². The summed E-state index contributed by atoms with van der Waals surface area (Å²) >= 11 is 5.86. The number of alkyl halides is 3. The summed E-state index contributed by atoms with van der Waals surface area (Å²) in [5.74, 6) is 0.603. The van der Waals surface area contributed by atoms with E-state index in [2.05, 4.69) is 0 Å². The molecule has 1 aliphatic rings. The maximum absolute atomic E-state index is 13.7. The van der Waals surface area contributed by atoms with Crippen molar-refractivity contribution in [1.82, 2.24) is 5.32 Å². The van der Waals surface area contributed by atoms with Crippen molar-refractivity contribution in [2.45, 2.75) is 18.3 Å². The molecule has 27 heavy (non-hydrogen) atoms. The van der Waals surface area contributed by atoms with Crippen LogP contribution in [0, 0.1) is 0 Å². The maximum Gasteiger partial charge on any atom is 0.422 e. The number of ether oxygens (including phenoxy) is 1. The van der Waals surface area contributed by atoms with Gasteiger partial charge in [-0.3, -0.25) is 9.69 Å². The highest BCUT2D eigenvalue weighted by molar-refractivity contribution is 6.30. The monoisotopic (exact) mass is 398 g/mol. The minimum atomic E-state index is -5.03. The molecule has 0 bridgehead atoms. The number of fused-ring (bicyclic) bond motifs is 1. The van der Waals surface area contributed by atoms with Crippen molar-refractivity contribution >= 4 is 29.6 Å². The number of carbonyl (C=O) groups is 2. The van der Waals surface area contributed by atoms with Crippen molar-refractivity contribution in [3.8, 4) is 5.75 Å². The lowest BCUT2D eigenvalue weighted by Gasteiger charge is -2.41. The average Bonchev–Trinajstić information content (AvgIpc) is 2.63. The number of hydrogen-bond donors (Lipinski definition) is 1. The topological polar surface area (TPSA) is 58.6 Å². The highest BCUT2D eigenvalue weighted by Crippen LogP contribution is 2.45. The van der Waals surface area contributed by atoms with Crippen LogP contribution in [0.25, 0.3) is 0 Å². The van der Waals surface area contributed by atoms with Gasteiger partial charge in [-0.15, -0.1) is 0 Å². The van der Waals surface area contributed by atoms with Gasteiger partial charge in [-0.2, -0.15) is 13.2 Å². The standard InChI is InChI=1S/C18H14ClF3N2O3/c1-27-13-5-2-11(3-6-13)9-24-15-7-4-12(19)8-14(15)17(10-25,18(20,21)22)23-16(24)26/h2-8,10H,9H2,1H3,(H,23,26)/t17-/m0/s1. The molecular weight excluding hydrogens is 385 g/mol. The van der Waals surface area contributed by atoms with Gasteiger partial charge in [-0.25, -0.2) is 4.79 Å². The van der Waals surface area contributed by atoms with Gasteiger partial charge in [0.1, 0.15) is 5.75 Å². The van der Waals surface area contributed by atoms with E-state index in [1.807, 2.05) is 0 Å². The molecule has 5 nitrogen and oxygen atoms in total. The Morgan fingerprint density at radius 3 is 2.44 bits per heavy atom. The summed E-state index contributed by atoms with van der Waals surface area (Å²) in [6, 6.07) is 9.39. The van der Waals surface area contributed by atoms with E-state index in [-0.39, 0.29) is 23.5 Å². The van der Waals surface area contributed by atoms with Crippen molar-refractivity contribution in [3.63, 3.8) is 0 Å². The number of hydrogen-bond acceptors (Lipinski definition) is 3. The number of benzene rings is 2. The van der Waals surface area contributed by atoms with Crippen molar-refractivity contribution in [1.29, 1.82) is 0 Å². The molecule has 3 rings (SSSR count). The first kappa shape index (κ1) is 19.0. The Hall–Kier alpha value is -2.74. The molecular formula is C18H14ClF3N2O3. The number of urea groups is 1. The van der Waals surface area contributed by atoms with Gasteiger partial charge in [0, 0.05) is 10.6 Å². The molecule has 0 spiro atoms. The second-order valence-corrected chi connectivity index (χ2v) is 6.39. The third-order valence-electron chi connectivity index (χ3n) is 4.35. The first-order valence-corrected chi connectivity index (χ1v) is 8.15. The van der Waals surface area contributed by atoms with E-state index in [0.29, 0.717) is 11.3 Å². The van der Waals surface area contributed by atoms with Gasteiger partial charge in [0.2, 0.25) is 5.54 Å². The molecule has 142 valence electrons. The molecule has 0 saturated heterocycles. The zero-order valence-electron chi connectivity index (χ0n) is 14.0. The molecule has 0 fully saturated rings. The molecule has 2 aromatic rings. The van der Waals surface area contributed by atoms with E-state index in [1.165, 1.54) is 19.2 Å². The molecule has 2 aromatic carbocycles. The largest absolute Gasteiger partial charge is 0.497 e. The summed E-state index contributed by atoms with van der Waals surface area (Å²) < 4.78 is 46.1. The van der Waals surface area contributed by atoms with Crippen molar-refractivity contribution in [2.75, 3.05) is 12.0 Å². The van der Waals surface area contributed by atoms with Crippen molar-refractivity contribution in [2.24, 2.45) is 0 Å². The second kappa shape index (κ2) is 6.77. The number of aldehydes is 1. The molecule has 0 radical (unpaired) electrons. The molecule has 1 N–H and O–H groups in total. The van der Waals surface area contributed by atoms with Crippen LogP contribution in [0.3, 0.4) is 0 Å². The smallest absolute Gasteiger partial charge is 0.422 e. The summed E-state index contributed by atoms with van der Waals surface area (Å²) in [6.45, 7) is -0.00272. The normalized spacial score (nSPS) is 19.3. The van der Waals surface area contributed by atoms with Gasteiger partial charge in [0.15, 0.2) is 6.29 Å². The van der Waals surface area contributed by atoms with Gasteiger partial charge in [-0.05, 0) is 35.9 Å². The van der Waals surface area contributed by atoms with Gasteiger partial charge < -0.3 is 10.1 Å². The second-order valence-electron chi connectivity index (χ2n) is 5.95. The predicted molar refractivity (Wildman–Crippen MR) is 93.0 cm³/mol. The molecule has 0 aliphatic carbocycles. The Morgan fingerprint density at radius 1 is 1.22 bits per heavy atom. The minimum Gasteiger partial charge on any atom is -0.497 e. The number of carbonyl (C=O) groups excluding carboxylic acids is 2. The average molecular weight is 399 g/mol. The van der Waals surface area contributed by atoms with Crippen LogP contribution in [-0.4, -0.2) is 25.6 Å². The van der Waals surface area contributed by atoms with Crippen LogP contribution >= 0.6 is 11.6 Å². The Balaban J connectivity index is 2.09. The third-order valence-corrected chi connectivity index (χ3v) is 4.58. The Morgan fingerprint density at radius 2 is 1.89 bits per heavy atom. The van der Waals surface area contributed by atoms with Crippen LogP contribution in [0.15, 0.2) is 42.5 Å². The lowest BCUT2D eigenvalue weighted by molar-refractivity contribution is -0.192. The molecule has 9 heteroatoms. The molecule has 0 saturated carbocycles. The summed E-state index contributed by atoms with van der Waals surface area (Å²) in [4.78, 5) is 25.1. The van der Waals surface area contributed by atoms with Crippen LogP contribution in [-0.2, 0) is 16.9 Å². The SMILES string of the molecule is COc1ccc(CN2C(=O)N[C@](C=O)(C(F)(F)F)c3cc(Cl)ccc32)cc1. The number of nitrogens with zero attached hydrogens (tertiary/aromatic N) is 1. The van der Waals surface area contributed by atoms with E-state index in [4.69, 9.17) is 16.3 Å². The van der Waals surface area contributed by atoms with E-state index >= 15 is 0 Å². The summed E-state index contributed by atoms with van der Waals surface area (Å²) in [6.07, 6.45) is -5.35. The number of anilines is 1. The third kappa shape index (κ3) is 3.21. The summed E-state index contributed by atoms with van der Waals surface area (Å²) in [5.41, 5.74) is -2.95. The lowest BCUT2D eigenvalue weighted by atomic mass is 9.87. The Kier molecular flexibility index (Phi) is 4.77. The molecule has 2 amide bonds. The predicted octanol–water partition coefficient (Wildman–Crippen LogP) is 4.03. The molecule has 1 heterocycles. The molecule has 1 atom stereocenters. The fourth-order valence-electron chi connectivity index (χ4n) is 2.93. The summed E-state index contributed by atoms with van der Waals surface area (Å²) in [7, 11) is 1.50. The van der Waals surface area contributed by atoms with E-state index in [9.17, 15) is 22.8 Å². The minimum absolute atomic E-state index is 0.00272. The molecule has 1 aliphatic heterocycles. The quantitative estimate of drug-likeness (QED) is 0.791. The zero-order valence-corrected chi connectivity index (χ0v) is 14.8. The van der Waals surface area contributed by atoms with E-state index in [0.717, 1.165) is 11.0 Å². The van der Waals surface area contributed by atoms with Gasteiger partial charge in [0.25, 0.3) is 0 Å². The van der Waals surface area contributed by atoms with Gasteiger partial charge in [0.05, 0.1) is 19.3 Å². The number of nitrogens with one attached hydrogen (secondary N) is 1. The van der Waals surface area contributed by atoms with Crippen molar-refractivity contribution < 1.29 is 27.5 Å². The first-order chi connectivity index (χ1) is 12.7. The number of rotatable bonds is 4. The van der Waals surface area contributed by atoms with Gasteiger partial charge in [-0.1, -0.05) is 23.7 Å². The maximum atomic E-state index is 13.7. The Labute approximate surface area is 157 Å². The molecule has 0 aromatic heterocycles. The fraction of sp³-hybridized carbons (Fsp3) is 0.222. The fourth-order valence-corrected chi connectivity index (χ4v) is 3.10. The number of amides is 2. The van der Waals surface area contributed by atoms with Crippen LogP contribution in [0.4, 0.5) is 23.7 Å². The highest BCUT2D eigenvalue weighted by Gasteiger charge is 2.61. The summed E-state index contributed by atoms with van der Waals surface area (Å²) in [5, 5.41) is 1.82. The van der Waals surface area contributed by atoms with E-state index < -0.39 is 23.3 Å². The Bertz CT molecular complexity index is 886. The van der Waals surface area contributed by atoms with E-state index in [1.54, 1.807) is 29.6 Å². The van der Waals surface area contributed by atoms with Gasteiger partial charge >= 0.3 is 12.2 Å². The van der Waals surface area contributed by atoms with Crippen LogP contribution in [0.5, 0.6) is 5.75 Å². The number of halogens is 4. The number of methoxy groups -OCH3 is 1. The van der Waals surface area contributed by atoms with Crippen LogP contribution < -0.4 is 15.0 Å². The highest BCUT2D eigenvalue weighted by atomic mass is 35.5. The van der Waals surface area contributed by atoms with Crippen LogP contribution in [0.1, 0.15) is 11.1 Å². The first-order valence-electron chi connectivity index (χ1n) is 7.77.